The zero-order valence-corrected chi connectivity index (χ0v) is 14.3. The number of aryl methyl sites for hydroxylation is 2. The molecule has 24 heavy (non-hydrogen) atoms. The first-order valence-electron chi connectivity index (χ1n) is 8.36. The Kier molecular flexibility index (Phi) is 4.35. The molecule has 0 spiro atoms. The molecule has 1 aromatic carbocycles. The summed E-state index contributed by atoms with van der Waals surface area (Å²) in [5.74, 6) is -1.31. The zero-order chi connectivity index (χ0) is 17.4. The van der Waals surface area contributed by atoms with Crippen LogP contribution in [0.25, 0.3) is 11.0 Å². The fourth-order valence-electron chi connectivity index (χ4n) is 3.39. The molecule has 0 aliphatic carbocycles. The Labute approximate surface area is 141 Å². The van der Waals surface area contributed by atoms with Crippen molar-refractivity contribution >= 4 is 22.8 Å². The minimum atomic E-state index is -0.820. The number of rotatable bonds is 3. The van der Waals surface area contributed by atoms with Gasteiger partial charge in [-0.05, 0) is 56.9 Å². The average Bonchev–Trinajstić information content (AvgIpc) is 2.90. The summed E-state index contributed by atoms with van der Waals surface area (Å²) in [6.45, 7) is 6.35. The van der Waals surface area contributed by atoms with Gasteiger partial charge in [-0.3, -0.25) is 9.59 Å². The van der Waals surface area contributed by atoms with Gasteiger partial charge in [0.1, 0.15) is 5.58 Å². The number of amides is 1. The number of aliphatic carboxylic acids is 1. The van der Waals surface area contributed by atoms with Crippen LogP contribution in [-0.4, -0.2) is 34.5 Å². The Balaban J connectivity index is 1.81. The molecule has 2 heterocycles. The molecular formula is C19H23NO4. The van der Waals surface area contributed by atoms with Gasteiger partial charge in [-0.15, -0.1) is 0 Å². The number of hydrogen-bond acceptors (Lipinski definition) is 3. The summed E-state index contributed by atoms with van der Waals surface area (Å²) < 4.78 is 5.59. The summed E-state index contributed by atoms with van der Waals surface area (Å²) in [6, 6.07) is 4.12. The quantitative estimate of drug-likeness (QED) is 0.938. The van der Waals surface area contributed by atoms with Crippen LogP contribution in [0, 0.1) is 19.8 Å². The molecule has 2 unspecified atom stereocenters. The van der Waals surface area contributed by atoms with E-state index in [9.17, 15) is 14.7 Å². The average molecular weight is 329 g/mol. The Morgan fingerprint density at radius 2 is 1.96 bits per heavy atom. The van der Waals surface area contributed by atoms with E-state index in [0.717, 1.165) is 34.1 Å². The Hall–Kier alpha value is -2.30. The van der Waals surface area contributed by atoms with Crippen LogP contribution in [-0.2, 0) is 16.0 Å². The van der Waals surface area contributed by atoms with E-state index in [1.165, 1.54) is 0 Å². The minimum absolute atomic E-state index is 0.0330. The van der Waals surface area contributed by atoms with Crippen LogP contribution in [0.15, 0.2) is 22.8 Å². The Morgan fingerprint density at radius 1 is 1.25 bits per heavy atom. The maximum Gasteiger partial charge on any atom is 0.308 e. The van der Waals surface area contributed by atoms with Gasteiger partial charge in [-0.25, -0.2) is 0 Å². The van der Waals surface area contributed by atoms with Gasteiger partial charge < -0.3 is 14.4 Å². The normalized spacial score (nSPS) is 21.2. The molecule has 1 fully saturated rings. The standard InChI is InChI=1S/C19H23NO4/c1-11-6-16-15(10-24-17(16)7-12(11)2)8-18(21)20-9-14(19(22)23)5-4-13(20)3/h6-7,10,13-14H,4-5,8-9H2,1-3H3,(H,22,23). The number of piperidine rings is 1. The van der Waals surface area contributed by atoms with Crippen LogP contribution in [0.2, 0.25) is 0 Å². The maximum absolute atomic E-state index is 12.7. The van der Waals surface area contributed by atoms with Gasteiger partial charge in [0.25, 0.3) is 0 Å². The molecule has 1 aromatic heterocycles. The SMILES string of the molecule is Cc1cc2occ(CC(=O)N3CC(C(=O)O)CCC3C)c2cc1C. The van der Waals surface area contributed by atoms with Gasteiger partial charge in [0.05, 0.1) is 18.6 Å². The minimum Gasteiger partial charge on any atom is -0.481 e. The van der Waals surface area contributed by atoms with Crippen molar-refractivity contribution in [1.29, 1.82) is 0 Å². The molecule has 1 saturated heterocycles. The summed E-state index contributed by atoms with van der Waals surface area (Å²) in [5.41, 5.74) is 3.97. The van der Waals surface area contributed by atoms with Crippen molar-refractivity contribution in [2.75, 3.05) is 6.54 Å². The number of carbonyl (C=O) groups excluding carboxylic acids is 1. The number of benzene rings is 1. The molecule has 1 N–H and O–H groups in total. The van der Waals surface area contributed by atoms with E-state index >= 15 is 0 Å². The van der Waals surface area contributed by atoms with Crippen molar-refractivity contribution in [3.63, 3.8) is 0 Å². The number of furan rings is 1. The lowest BCUT2D eigenvalue weighted by atomic mass is 9.93. The van der Waals surface area contributed by atoms with Gasteiger partial charge in [-0.1, -0.05) is 0 Å². The summed E-state index contributed by atoms with van der Waals surface area (Å²) in [7, 11) is 0. The predicted molar refractivity (Wildman–Crippen MR) is 90.9 cm³/mol. The largest absolute Gasteiger partial charge is 0.481 e. The fourth-order valence-corrected chi connectivity index (χ4v) is 3.39. The van der Waals surface area contributed by atoms with Crippen LogP contribution in [0.3, 0.4) is 0 Å². The lowest BCUT2D eigenvalue weighted by Gasteiger charge is -2.36. The molecule has 1 aliphatic rings. The number of likely N-dealkylation sites (tertiary alicyclic amines) is 1. The van der Waals surface area contributed by atoms with Crippen molar-refractivity contribution in [1.82, 2.24) is 4.90 Å². The number of carboxylic acids is 1. The zero-order valence-electron chi connectivity index (χ0n) is 14.3. The first kappa shape index (κ1) is 16.6. The number of carboxylic acid groups (broad SMARTS) is 1. The van der Waals surface area contributed by atoms with Gasteiger partial charge in [0, 0.05) is 23.5 Å². The highest BCUT2D eigenvalue weighted by atomic mass is 16.4. The molecule has 0 bridgehead atoms. The van der Waals surface area contributed by atoms with Crippen molar-refractivity contribution in [2.45, 2.75) is 46.1 Å². The van der Waals surface area contributed by atoms with Crippen LogP contribution in [0.5, 0.6) is 0 Å². The number of nitrogens with zero attached hydrogens (tertiary/aromatic N) is 1. The second-order valence-corrected chi connectivity index (χ2v) is 6.88. The molecule has 0 saturated carbocycles. The second-order valence-electron chi connectivity index (χ2n) is 6.88. The maximum atomic E-state index is 12.7. The van der Waals surface area contributed by atoms with Gasteiger partial charge in [0.2, 0.25) is 5.91 Å². The van der Waals surface area contributed by atoms with E-state index in [0.29, 0.717) is 13.0 Å². The molecule has 1 amide bonds. The molecule has 2 aromatic rings. The fraction of sp³-hybridized carbons (Fsp3) is 0.474. The lowest BCUT2D eigenvalue weighted by molar-refractivity contribution is -0.147. The molecule has 5 nitrogen and oxygen atoms in total. The molecule has 128 valence electrons. The summed E-state index contributed by atoms with van der Waals surface area (Å²) in [6.07, 6.45) is 3.25. The van der Waals surface area contributed by atoms with E-state index in [1.54, 1.807) is 11.2 Å². The van der Waals surface area contributed by atoms with Gasteiger partial charge in [0.15, 0.2) is 0 Å². The number of fused-ring (bicyclic) bond motifs is 1. The number of carbonyl (C=O) groups is 2. The highest BCUT2D eigenvalue weighted by Crippen LogP contribution is 2.27. The molecule has 2 atom stereocenters. The van der Waals surface area contributed by atoms with E-state index in [1.807, 2.05) is 26.8 Å². The smallest absolute Gasteiger partial charge is 0.308 e. The molecule has 5 heteroatoms. The van der Waals surface area contributed by atoms with Crippen LogP contribution in [0.4, 0.5) is 0 Å². The van der Waals surface area contributed by atoms with Crippen LogP contribution >= 0.6 is 0 Å². The molecule has 1 aliphatic heterocycles. The third-order valence-electron chi connectivity index (χ3n) is 5.16. The monoisotopic (exact) mass is 329 g/mol. The van der Waals surface area contributed by atoms with Crippen molar-refractivity contribution in [3.8, 4) is 0 Å². The lowest BCUT2D eigenvalue weighted by Crippen LogP contribution is -2.47. The predicted octanol–water partition coefficient (Wildman–Crippen LogP) is 3.30. The first-order valence-corrected chi connectivity index (χ1v) is 8.36. The molecular weight excluding hydrogens is 306 g/mol. The molecule has 3 rings (SSSR count). The second kappa shape index (κ2) is 6.30. The van der Waals surface area contributed by atoms with Crippen LogP contribution in [0.1, 0.15) is 36.5 Å². The van der Waals surface area contributed by atoms with E-state index in [-0.39, 0.29) is 18.4 Å². The van der Waals surface area contributed by atoms with Crippen molar-refractivity contribution in [2.24, 2.45) is 5.92 Å². The summed E-state index contributed by atoms with van der Waals surface area (Å²) >= 11 is 0. The van der Waals surface area contributed by atoms with Gasteiger partial charge in [-0.2, -0.15) is 0 Å². The molecule has 0 radical (unpaired) electrons. The van der Waals surface area contributed by atoms with E-state index in [2.05, 4.69) is 6.07 Å². The third kappa shape index (κ3) is 3.03. The van der Waals surface area contributed by atoms with E-state index < -0.39 is 11.9 Å². The van der Waals surface area contributed by atoms with E-state index in [4.69, 9.17) is 4.42 Å². The topological polar surface area (TPSA) is 70.8 Å². The highest BCUT2D eigenvalue weighted by molar-refractivity contribution is 5.89. The highest BCUT2D eigenvalue weighted by Gasteiger charge is 2.32. The van der Waals surface area contributed by atoms with Crippen LogP contribution < -0.4 is 0 Å². The summed E-state index contributed by atoms with van der Waals surface area (Å²) in [4.78, 5) is 25.7. The number of hydrogen-bond donors (Lipinski definition) is 1. The van der Waals surface area contributed by atoms with Gasteiger partial charge >= 0.3 is 5.97 Å². The Morgan fingerprint density at radius 3 is 2.67 bits per heavy atom. The first-order chi connectivity index (χ1) is 11.4. The van der Waals surface area contributed by atoms with Crippen molar-refractivity contribution in [3.05, 3.63) is 35.1 Å². The summed E-state index contributed by atoms with van der Waals surface area (Å²) in [5, 5.41) is 10.2. The third-order valence-corrected chi connectivity index (χ3v) is 5.16. The Bertz CT molecular complexity index is 792. The van der Waals surface area contributed by atoms with Crippen molar-refractivity contribution < 1.29 is 19.1 Å².